The van der Waals surface area contributed by atoms with E-state index in [1.165, 1.54) is 14.7 Å². The van der Waals surface area contributed by atoms with Crippen molar-refractivity contribution in [1.82, 2.24) is 0 Å². The third-order valence-corrected chi connectivity index (χ3v) is 9.28. The van der Waals surface area contributed by atoms with Gasteiger partial charge in [-0.15, -0.1) is 0 Å². The molecule has 188 valence electrons. The zero-order valence-electron chi connectivity index (χ0n) is 21.2. The van der Waals surface area contributed by atoms with Gasteiger partial charge < -0.3 is 9.47 Å². The van der Waals surface area contributed by atoms with Gasteiger partial charge in [0.25, 0.3) is 0 Å². The normalized spacial score (nSPS) is 10.8. The van der Waals surface area contributed by atoms with E-state index in [4.69, 9.17) is 9.47 Å². The van der Waals surface area contributed by atoms with Crippen LogP contribution in [0.2, 0.25) is 0 Å². The van der Waals surface area contributed by atoms with Crippen LogP contribution in [0.15, 0.2) is 152 Å². The van der Waals surface area contributed by atoms with Crippen molar-refractivity contribution in [2.45, 2.75) is 24.5 Å². The zero-order chi connectivity index (χ0) is 26.3. The summed E-state index contributed by atoms with van der Waals surface area (Å²) in [6.07, 6.45) is 0. The van der Waals surface area contributed by atoms with E-state index >= 15 is 0 Å². The summed E-state index contributed by atoms with van der Waals surface area (Å²) in [5.74, 6) is 1.72. The number of hydrogen-bond donors (Lipinski definition) is 0. The number of carbonyl (C=O) groups excluding carboxylic acids is 1. The van der Waals surface area contributed by atoms with Gasteiger partial charge >= 0.3 is 0 Å². The Balaban J connectivity index is 1.36. The van der Waals surface area contributed by atoms with Crippen molar-refractivity contribution in [3.8, 4) is 11.5 Å². The maximum atomic E-state index is 12.7. The first kappa shape index (κ1) is 25.7. The molecule has 0 atom stereocenters. The highest BCUT2D eigenvalue weighted by Gasteiger charge is 2.29. The molecule has 5 aromatic rings. The molecule has 0 N–H and O–H groups in total. The highest BCUT2D eigenvalue weighted by molar-refractivity contribution is 7.99. The Kier molecular flexibility index (Phi) is 8.17. The molecular formula is C33H27O3S2+. The summed E-state index contributed by atoms with van der Waals surface area (Å²) in [4.78, 5) is 18.6. The number of ketones is 1. The fraction of sp³-hybridized carbons (Fsp3) is 0.0606. The lowest BCUT2D eigenvalue weighted by Gasteiger charge is -2.10. The molecule has 0 bridgehead atoms. The Morgan fingerprint density at radius 1 is 0.526 bits per heavy atom. The van der Waals surface area contributed by atoms with Crippen molar-refractivity contribution in [1.29, 1.82) is 0 Å². The molecule has 5 rings (SSSR count). The number of ether oxygens (including phenoxy) is 2. The fourth-order valence-corrected chi connectivity index (χ4v) is 6.90. The lowest BCUT2D eigenvalue weighted by atomic mass is 10.0. The van der Waals surface area contributed by atoms with E-state index in [-0.39, 0.29) is 16.7 Å². The molecule has 38 heavy (non-hydrogen) atoms. The van der Waals surface area contributed by atoms with Crippen LogP contribution >= 0.6 is 11.8 Å². The van der Waals surface area contributed by atoms with Crippen molar-refractivity contribution < 1.29 is 14.3 Å². The van der Waals surface area contributed by atoms with Gasteiger partial charge in [0.15, 0.2) is 20.5 Å². The first-order valence-electron chi connectivity index (χ1n) is 12.1. The van der Waals surface area contributed by atoms with Gasteiger partial charge in [-0.25, -0.2) is 0 Å². The lowest BCUT2D eigenvalue weighted by molar-refractivity contribution is 0.103. The van der Waals surface area contributed by atoms with E-state index in [2.05, 4.69) is 48.5 Å². The number of benzene rings is 5. The highest BCUT2D eigenvalue weighted by Crippen LogP contribution is 2.35. The lowest BCUT2D eigenvalue weighted by Crippen LogP contribution is -2.05. The molecule has 0 saturated heterocycles. The van der Waals surface area contributed by atoms with Crippen molar-refractivity contribution in [2.24, 2.45) is 0 Å². The van der Waals surface area contributed by atoms with Gasteiger partial charge in [0.1, 0.15) is 11.5 Å². The molecule has 0 heterocycles. The molecule has 0 aliphatic carbocycles. The average Bonchev–Trinajstić information content (AvgIpc) is 2.99. The standard InChI is InChI=1S/C33H27O3S2/c1-35-26-10-18-30(19-11-26)38(31-20-12-27(36-2)13-21-31)32-22-16-29(17-23-32)37-28-14-8-25(9-15-28)33(34)24-6-4-3-5-7-24/h3-23H,1-2H3/q+1. The van der Waals surface area contributed by atoms with Crippen molar-refractivity contribution in [2.75, 3.05) is 14.2 Å². The zero-order valence-corrected chi connectivity index (χ0v) is 22.8. The van der Waals surface area contributed by atoms with Crippen LogP contribution in [-0.4, -0.2) is 20.0 Å². The summed E-state index contributed by atoms with van der Waals surface area (Å²) in [5, 5.41) is 0. The molecule has 0 unspecified atom stereocenters. The van der Waals surface area contributed by atoms with Crippen LogP contribution in [-0.2, 0) is 10.9 Å². The molecule has 0 spiro atoms. The van der Waals surface area contributed by atoms with Crippen LogP contribution in [0.5, 0.6) is 11.5 Å². The van der Waals surface area contributed by atoms with Gasteiger partial charge in [-0.2, -0.15) is 0 Å². The van der Waals surface area contributed by atoms with Crippen LogP contribution in [0, 0.1) is 0 Å². The molecule has 5 aromatic carbocycles. The maximum absolute atomic E-state index is 12.7. The van der Waals surface area contributed by atoms with Gasteiger partial charge in [-0.3, -0.25) is 4.79 Å². The Labute approximate surface area is 230 Å². The first-order valence-corrected chi connectivity index (χ1v) is 14.2. The van der Waals surface area contributed by atoms with Crippen LogP contribution in [0.3, 0.4) is 0 Å². The predicted molar refractivity (Wildman–Crippen MR) is 155 cm³/mol. The third kappa shape index (κ3) is 5.96. The Hall–Kier alpha value is -3.93. The topological polar surface area (TPSA) is 35.5 Å². The quantitative estimate of drug-likeness (QED) is 0.141. The first-order chi connectivity index (χ1) is 18.6. The second-order valence-electron chi connectivity index (χ2n) is 8.45. The van der Waals surface area contributed by atoms with Gasteiger partial charge in [0.05, 0.1) is 25.1 Å². The molecule has 0 radical (unpaired) electrons. The minimum Gasteiger partial charge on any atom is -0.497 e. The molecular weight excluding hydrogens is 508 g/mol. The van der Waals surface area contributed by atoms with Crippen LogP contribution in [0.25, 0.3) is 0 Å². The van der Waals surface area contributed by atoms with Crippen LogP contribution < -0.4 is 9.47 Å². The third-order valence-electron chi connectivity index (χ3n) is 6.04. The number of methoxy groups -OCH3 is 2. The van der Waals surface area contributed by atoms with Crippen LogP contribution in [0.4, 0.5) is 0 Å². The molecule has 0 aliphatic rings. The maximum Gasteiger partial charge on any atom is 0.193 e. The van der Waals surface area contributed by atoms with Gasteiger partial charge in [-0.1, -0.05) is 42.1 Å². The average molecular weight is 536 g/mol. The molecule has 3 nitrogen and oxygen atoms in total. The van der Waals surface area contributed by atoms with Gasteiger partial charge in [0.2, 0.25) is 0 Å². The van der Waals surface area contributed by atoms with Crippen molar-refractivity contribution >= 4 is 28.4 Å². The summed E-state index contributed by atoms with van der Waals surface area (Å²) in [6, 6.07) is 42.5. The van der Waals surface area contributed by atoms with E-state index in [1.54, 1.807) is 26.0 Å². The fourth-order valence-electron chi connectivity index (χ4n) is 4.04. The molecule has 0 fully saturated rings. The largest absolute Gasteiger partial charge is 0.497 e. The van der Waals surface area contributed by atoms with E-state index in [1.807, 2.05) is 78.9 Å². The number of carbonyl (C=O) groups is 1. The minimum atomic E-state index is -0.274. The summed E-state index contributed by atoms with van der Waals surface area (Å²) in [7, 11) is 3.09. The Bertz CT molecular complexity index is 1430. The van der Waals surface area contributed by atoms with Crippen molar-refractivity contribution in [3.63, 3.8) is 0 Å². The SMILES string of the molecule is COc1ccc([S+](c2ccc(OC)cc2)c2ccc(Sc3ccc(C(=O)c4ccccc4)cc3)cc2)cc1. The second-order valence-corrected chi connectivity index (χ2v) is 11.6. The monoisotopic (exact) mass is 535 g/mol. The van der Waals surface area contributed by atoms with Gasteiger partial charge in [0, 0.05) is 20.9 Å². The molecule has 5 heteroatoms. The van der Waals surface area contributed by atoms with E-state index in [0.29, 0.717) is 11.1 Å². The summed E-state index contributed by atoms with van der Waals surface area (Å²) < 4.78 is 10.7. The summed E-state index contributed by atoms with van der Waals surface area (Å²) in [5.41, 5.74) is 1.39. The highest BCUT2D eigenvalue weighted by atomic mass is 32.2. The molecule has 0 saturated carbocycles. The van der Waals surface area contributed by atoms with Crippen molar-refractivity contribution in [3.05, 3.63) is 139 Å². The number of hydrogen-bond acceptors (Lipinski definition) is 4. The number of rotatable bonds is 9. The second kappa shape index (κ2) is 12.1. The van der Waals surface area contributed by atoms with Crippen LogP contribution in [0.1, 0.15) is 15.9 Å². The Morgan fingerprint density at radius 3 is 1.37 bits per heavy atom. The molecule has 0 amide bonds. The van der Waals surface area contributed by atoms with E-state index in [9.17, 15) is 4.79 Å². The summed E-state index contributed by atoms with van der Waals surface area (Å²) in [6.45, 7) is 0. The van der Waals surface area contributed by atoms with E-state index in [0.717, 1.165) is 21.3 Å². The smallest absolute Gasteiger partial charge is 0.193 e. The summed E-state index contributed by atoms with van der Waals surface area (Å²) >= 11 is 1.68. The van der Waals surface area contributed by atoms with E-state index < -0.39 is 0 Å². The van der Waals surface area contributed by atoms with Gasteiger partial charge in [-0.05, 0) is 97.1 Å². The molecule has 0 aliphatic heterocycles. The minimum absolute atomic E-state index is 0.0376. The predicted octanol–water partition coefficient (Wildman–Crippen LogP) is 8.18. The Morgan fingerprint density at radius 2 is 0.921 bits per heavy atom. The molecule has 0 aromatic heterocycles.